The average molecular weight is 257 g/mol. The number of aromatic nitrogens is 1. The van der Waals surface area contributed by atoms with Crippen molar-refractivity contribution in [3.8, 4) is 0 Å². The first-order valence-electron chi connectivity index (χ1n) is 5.28. The van der Waals surface area contributed by atoms with Gasteiger partial charge in [-0.25, -0.2) is 4.79 Å². The summed E-state index contributed by atoms with van der Waals surface area (Å²) in [6, 6.07) is 4.48. The van der Waals surface area contributed by atoms with Crippen molar-refractivity contribution in [1.29, 1.82) is 0 Å². The average Bonchev–Trinajstić information content (AvgIpc) is 2.65. The first-order valence-corrected chi connectivity index (χ1v) is 5.28. The van der Waals surface area contributed by atoms with E-state index in [2.05, 4.69) is 0 Å². The van der Waals surface area contributed by atoms with E-state index in [-0.39, 0.29) is 11.1 Å². The number of halogens is 3. The molecular weight excluding hydrogens is 247 g/mol. The maximum atomic E-state index is 12.5. The molecule has 0 aliphatic heterocycles. The Morgan fingerprint density at radius 1 is 1.33 bits per heavy atom. The van der Waals surface area contributed by atoms with Crippen molar-refractivity contribution in [2.75, 3.05) is 0 Å². The summed E-state index contributed by atoms with van der Waals surface area (Å²) in [5.74, 6) is -1.15. The molecule has 3 nitrogen and oxygen atoms in total. The minimum Gasteiger partial charge on any atom is -0.477 e. The number of carboxylic acid groups (broad SMARTS) is 1. The van der Waals surface area contributed by atoms with Crippen molar-refractivity contribution in [3.63, 3.8) is 0 Å². The Labute approximate surface area is 100 Å². The topological polar surface area (TPSA) is 42.2 Å². The summed E-state index contributed by atoms with van der Waals surface area (Å²) >= 11 is 0. The number of alkyl halides is 3. The molecule has 0 spiro atoms. The minimum absolute atomic E-state index is 0.00757. The molecule has 0 bridgehead atoms. The molecule has 1 heterocycles. The third-order valence-electron chi connectivity index (χ3n) is 2.76. The van der Waals surface area contributed by atoms with E-state index in [9.17, 15) is 18.0 Å². The second-order valence-electron chi connectivity index (χ2n) is 3.85. The van der Waals surface area contributed by atoms with Crippen LogP contribution in [0.3, 0.4) is 0 Å². The molecule has 0 aliphatic carbocycles. The fraction of sp³-hybridized carbons (Fsp3) is 0.250. The Morgan fingerprint density at radius 3 is 2.50 bits per heavy atom. The lowest BCUT2D eigenvalue weighted by Crippen LogP contribution is -2.07. The van der Waals surface area contributed by atoms with Crippen LogP contribution in [0, 0.1) is 0 Å². The quantitative estimate of drug-likeness (QED) is 0.896. The zero-order chi connectivity index (χ0) is 13.5. The van der Waals surface area contributed by atoms with Gasteiger partial charge in [0.25, 0.3) is 0 Å². The highest BCUT2D eigenvalue weighted by atomic mass is 19.4. The normalized spacial score (nSPS) is 12.0. The predicted octanol–water partition coefficient (Wildman–Crippen LogP) is 3.38. The Hall–Kier alpha value is -1.98. The van der Waals surface area contributed by atoms with Gasteiger partial charge in [-0.1, -0.05) is 0 Å². The smallest absolute Gasteiger partial charge is 0.416 e. The van der Waals surface area contributed by atoms with E-state index >= 15 is 0 Å². The Kier molecular flexibility index (Phi) is 2.80. The summed E-state index contributed by atoms with van der Waals surface area (Å²) in [4.78, 5) is 11.0. The molecule has 2 aromatic rings. The van der Waals surface area contributed by atoms with Gasteiger partial charge in [0, 0.05) is 17.4 Å². The Bertz CT molecular complexity index is 614. The molecule has 0 radical (unpaired) electrons. The van der Waals surface area contributed by atoms with Gasteiger partial charge in [0.15, 0.2) is 0 Å². The second kappa shape index (κ2) is 4.04. The SMILES string of the molecule is CCn1c(C(=O)O)cc2cc(C(F)(F)F)ccc21. The molecule has 0 amide bonds. The number of fused-ring (bicyclic) bond motifs is 1. The lowest BCUT2D eigenvalue weighted by Gasteiger charge is -2.07. The summed E-state index contributed by atoms with van der Waals surface area (Å²) in [6.45, 7) is 2.13. The van der Waals surface area contributed by atoms with Crippen LogP contribution in [0.4, 0.5) is 13.2 Å². The zero-order valence-electron chi connectivity index (χ0n) is 9.45. The summed E-state index contributed by atoms with van der Waals surface area (Å²) in [7, 11) is 0. The Balaban J connectivity index is 2.69. The van der Waals surface area contributed by atoms with Gasteiger partial charge in [-0.2, -0.15) is 13.2 Å². The molecule has 1 aromatic heterocycles. The molecule has 0 atom stereocenters. The van der Waals surface area contributed by atoms with Crippen molar-refractivity contribution >= 4 is 16.9 Å². The van der Waals surface area contributed by atoms with E-state index in [1.807, 2.05) is 0 Å². The largest absolute Gasteiger partial charge is 0.477 e. The van der Waals surface area contributed by atoms with Crippen molar-refractivity contribution in [2.24, 2.45) is 0 Å². The van der Waals surface area contributed by atoms with Crippen molar-refractivity contribution in [1.82, 2.24) is 4.57 Å². The van der Waals surface area contributed by atoms with Crippen LogP contribution in [-0.4, -0.2) is 15.6 Å². The predicted molar refractivity (Wildman–Crippen MR) is 59.6 cm³/mol. The van der Waals surface area contributed by atoms with Crippen LogP contribution in [0.5, 0.6) is 0 Å². The number of hydrogen-bond donors (Lipinski definition) is 1. The third-order valence-corrected chi connectivity index (χ3v) is 2.76. The van der Waals surface area contributed by atoms with Crippen LogP contribution in [0.1, 0.15) is 23.0 Å². The number of carboxylic acids is 1. The van der Waals surface area contributed by atoms with E-state index in [1.165, 1.54) is 16.7 Å². The molecule has 1 aromatic carbocycles. The van der Waals surface area contributed by atoms with Crippen molar-refractivity contribution in [2.45, 2.75) is 19.6 Å². The van der Waals surface area contributed by atoms with Crippen molar-refractivity contribution in [3.05, 3.63) is 35.5 Å². The molecule has 1 N–H and O–H groups in total. The molecule has 0 saturated carbocycles. The van der Waals surface area contributed by atoms with Crippen LogP contribution >= 0.6 is 0 Å². The van der Waals surface area contributed by atoms with Crippen LogP contribution < -0.4 is 0 Å². The van der Waals surface area contributed by atoms with Gasteiger partial charge >= 0.3 is 12.1 Å². The standard InChI is InChI=1S/C12H10F3NO2/c1-2-16-9-4-3-8(12(13,14)15)5-7(9)6-10(16)11(17)18/h3-6H,2H2,1H3,(H,17,18). The van der Waals surface area contributed by atoms with Crippen LogP contribution in [0.25, 0.3) is 10.9 Å². The van der Waals surface area contributed by atoms with Gasteiger partial charge in [-0.05, 0) is 31.2 Å². The minimum atomic E-state index is -4.42. The summed E-state index contributed by atoms with van der Waals surface area (Å²) in [5, 5.41) is 9.27. The lowest BCUT2D eigenvalue weighted by atomic mass is 10.1. The molecule has 0 aliphatic rings. The summed E-state index contributed by atoms with van der Waals surface area (Å²) < 4.78 is 39.1. The van der Waals surface area contributed by atoms with Crippen molar-refractivity contribution < 1.29 is 23.1 Å². The highest BCUT2D eigenvalue weighted by Gasteiger charge is 2.30. The third kappa shape index (κ3) is 1.94. The fourth-order valence-electron chi connectivity index (χ4n) is 1.97. The van der Waals surface area contributed by atoms with Crippen LogP contribution in [0.15, 0.2) is 24.3 Å². The first-order chi connectivity index (χ1) is 8.34. The molecule has 0 unspecified atom stereocenters. The monoisotopic (exact) mass is 257 g/mol. The van der Waals surface area contributed by atoms with Gasteiger partial charge in [-0.15, -0.1) is 0 Å². The zero-order valence-corrected chi connectivity index (χ0v) is 9.45. The molecular formula is C12H10F3NO2. The maximum absolute atomic E-state index is 12.5. The van der Waals surface area contributed by atoms with Gasteiger partial charge in [0.1, 0.15) is 5.69 Å². The van der Waals surface area contributed by atoms with Crippen LogP contribution in [-0.2, 0) is 12.7 Å². The molecule has 96 valence electrons. The number of rotatable bonds is 2. The van der Waals surface area contributed by atoms with E-state index < -0.39 is 17.7 Å². The number of nitrogens with zero attached hydrogens (tertiary/aromatic N) is 1. The second-order valence-corrected chi connectivity index (χ2v) is 3.85. The van der Waals surface area contributed by atoms with Gasteiger partial charge in [0.2, 0.25) is 0 Å². The summed E-state index contributed by atoms with van der Waals surface area (Å²) in [6.07, 6.45) is -4.42. The highest BCUT2D eigenvalue weighted by Crippen LogP contribution is 2.32. The molecule has 18 heavy (non-hydrogen) atoms. The van der Waals surface area contributed by atoms with E-state index in [4.69, 9.17) is 5.11 Å². The number of hydrogen-bond acceptors (Lipinski definition) is 1. The number of carbonyl (C=O) groups is 1. The van der Waals surface area contributed by atoms with E-state index in [0.717, 1.165) is 12.1 Å². The highest BCUT2D eigenvalue weighted by molar-refractivity contribution is 5.94. The number of aryl methyl sites for hydroxylation is 1. The summed E-state index contributed by atoms with van der Waals surface area (Å²) in [5.41, 5.74) is -0.296. The van der Waals surface area contributed by atoms with E-state index in [0.29, 0.717) is 12.1 Å². The maximum Gasteiger partial charge on any atom is 0.416 e. The van der Waals surface area contributed by atoms with E-state index in [1.54, 1.807) is 6.92 Å². The fourth-order valence-corrected chi connectivity index (χ4v) is 1.97. The van der Waals surface area contributed by atoms with Gasteiger partial charge < -0.3 is 9.67 Å². The molecule has 6 heteroatoms. The molecule has 2 rings (SSSR count). The molecule has 0 saturated heterocycles. The Morgan fingerprint density at radius 2 is 2.00 bits per heavy atom. The molecule has 0 fully saturated rings. The first kappa shape index (κ1) is 12.5. The van der Waals surface area contributed by atoms with Crippen LogP contribution in [0.2, 0.25) is 0 Å². The van der Waals surface area contributed by atoms with Gasteiger partial charge in [-0.3, -0.25) is 0 Å². The number of benzene rings is 1. The lowest BCUT2D eigenvalue weighted by molar-refractivity contribution is -0.137. The number of aromatic carboxylic acids is 1. The van der Waals surface area contributed by atoms with Gasteiger partial charge in [0.05, 0.1) is 5.56 Å².